The van der Waals surface area contributed by atoms with Gasteiger partial charge in [0.15, 0.2) is 0 Å². The zero-order valence-electron chi connectivity index (χ0n) is 10.8. The van der Waals surface area contributed by atoms with Gasteiger partial charge in [0.2, 0.25) is 5.91 Å². The molecule has 0 spiro atoms. The predicted octanol–water partition coefficient (Wildman–Crippen LogP) is 0.528. The molecule has 1 atom stereocenters. The van der Waals surface area contributed by atoms with Crippen molar-refractivity contribution >= 4 is 29.5 Å². The van der Waals surface area contributed by atoms with Crippen LogP contribution in [-0.2, 0) is 9.59 Å². The number of primary amides is 1. The van der Waals surface area contributed by atoms with Gasteiger partial charge in [-0.25, -0.2) is 0 Å². The van der Waals surface area contributed by atoms with E-state index in [1.54, 1.807) is 18.2 Å². The lowest BCUT2D eigenvalue weighted by molar-refractivity contribution is -0.121. The van der Waals surface area contributed by atoms with Gasteiger partial charge in [0, 0.05) is 23.4 Å². The molecule has 1 aliphatic rings. The normalized spacial score (nSPS) is 15.1. The Labute approximate surface area is 116 Å². The van der Waals surface area contributed by atoms with Crippen LogP contribution in [-0.4, -0.2) is 29.0 Å². The number of nitrogens with two attached hydrogens (primary N) is 2. The first-order valence-electron chi connectivity index (χ1n) is 6.13. The standard InChI is InChI=1S/C14H15N3O3/c1-8-9-4-2-5-10(15)12(9)14(20)17(8)11(13(16)19)6-3-7-18/h2,4-5,7,11H,1,3,6,15H2,(H2,16,19). The third kappa shape index (κ3) is 2.05. The van der Waals surface area contributed by atoms with Crippen molar-refractivity contribution in [3.8, 4) is 0 Å². The number of rotatable bonds is 5. The summed E-state index contributed by atoms with van der Waals surface area (Å²) in [6.45, 7) is 3.83. The third-order valence-electron chi connectivity index (χ3n) is 3.33. The number of hydrogen-bond donors (Lipinski definition) is 2. The summed E-state index contributed by atoms with van der Waals surface area (Å²) in [7, 11) is 0. The van der Waals surface area contributed by atoms with Crippen LogP contribution in [0.1, 0.15) is 28.8 Å². The third-order valence-corrected chi connectivity index (χ3v) is 3.33. The Morgan fingerprint density at radius 1 is 1.45 bits per heavy atom. The minimum Gasteiger partial charge on any atom is -0.398 e. The molecule has 1 unspecified atom stereocenters. The molecular weight excluding hydrogens is 258 g/mol. The number of anilines is 1. The van der Waals surface area contributed by atoms with Gasteiger partial charge in [-0.2, -0.15) is 0 Å². The van der Waals surface area contributed by atoms with E-state index in [1.807, 2.05) is 0 Å². The molecule has 6 nitrogen and oxygen atoms in total. The predicted molar refractivity (Wildman–Crippen MR) is 74.3 cm³/mol. The summed E-state index contributed by atoms with van der Waals surface area (Å²) in [5.41, 5.74) is 12.8. The lowest BCUT2D eigenvalue weighted by Crippen LogP contribution is -2.44. The molecule has 1 heterocycles. The van der Waals surface area contributed by atoms with Gasteiger partial charge >= 0.3 is 0 Å². The summed E-state index contributed by atoms with van der Waals surface area (Å²) in [6, 6.07) is 4.13. The maximum atomic E-state index is 12.4. The van der Waals surface area contributed by atoms with Gasteiger partial charge in [0.05, 0.1) is 5.56 Å². The lowest BCUT2D eigenvalue weighted by atomic mass is 10.1. The van der Waals surface area contributed by atoms with Crippen LogP contribution in [0.15, 0.2) is 24.8 Å². The number of benzene rings is 1. The first-order valence-corrected chi connectivity index (χ1v) is 6.13. The quantitative estimate of drug-likeness (QED) is 0.602. The van der Waals surface area contributed by atoms with Crippen molar-refractivity contribution < 1.29 is 14.4 Å². The average Bonchev–Trinajstić information content (AvgIpc) is 2.65. The van der Waals surface area contributed by atoms with Gasteiger partial charge in [-0.1, -0.05) is 18.7 Å². The molecule has 1 aliphatic heterocycles. The highest BCUT2D eigenvalue weighted by molar-refractivity contribution is 6.14. The molecule has 0 fully saturated rings. The summed E-state index contributed by atoms with van der Waals surface area (Å²) < 4.78 is 0. The highest BCUT2D eigenvalue weighted by Gasteiger charge is 2.39. The van der Waals surface area contributed by atoms with Gasteiger partial charge in [-0.3, -0.25) is 14.5 Å². The van der Waals surface area contributed by atoms with Gasteiger partial charge in [0.1, 0.15) is 12.3 Å². The van der Waals surface area contributed by atoms with Crippen molar-refractivity contribution in [3.63, 3.8) is 0 Å². The molecule has 0 aliphatic carbocycles. The molecule has 0 saturated carbocycles. The zero-order valence-corrected chi connectivity index (χ0v) is 10.8. The first-order chi connectivity index (χ1) is 9.49. The fourth-order valence-corrected chi connectivity index (χ4v) is 2.38. The van der Waals surface area contributed by atoms with Crippen molar-refractivity contribution in [2.75, 3.05) is 5.73 Å². The van der Waals surface area contributed by atoms with Crippen LogP contribution in [0.25, 0.3) is 5.70 Å². The number of aldehydes is 1. The van der Waals surface area contributed by atoms with Crippen LogP contribution in [0.4, 0.5) is 5.69 Å². The van der Waals surface area contributed by atoms with E-state index >= 15 is 0 Å². The van der Waals surface area contributed by atoms with Crippen LogP contribution in [0.2, 0.25) is 0 Å². The van der Waals surface area contributed by atoms with Crippen LogP contribution < -0.4 is 11.5 Å². The summed E-state index contributed by atoms with van der Waals surface area (Å²) >= 11 is 0. The molecule has 2 rings (SSSR count). The number of carbonyl (C=O) groups is 3. The van der Waals surface area contributed by atoms with E-state index in [-0.39, 0.29) is 12.8 Å². The summed E-state index contributed by atoms with van der Waals surface area (Å²) in [4.78, 5) is 35.7. The SMILES string of the molecule is C=C1c2cccc(N)c2C(=O)N1C(CCC=O)C(N)=O. The van der Waals surface area contributed by atoms with E-state index in [0.717, 1.165) is 0 Å². The van der Waals surface area contributed by atoms with Crippen LogP contribution in [0.5, 0.6) is 0 Å². The number of carbonyl (C=O) groups excluding carboxylic acids is 3. The smallest absolute Gasteiger partial charge is 0.261 e. The molecule has 4 N–H and O–H groups in total. The van der Waals surface area contributed by atoms with Crippen molar-refractivity contribution in [3.05, 3.63) is 35.9 Å². The maximum Gasteiger partial charge on any atom is 0.261 e. The zero-order chi connectivity index (χ0) is 14.9. The fraction of sp³-hybridized carbons (Fsp3) is 0.214. The van der Waals surface area contributed by atoms with Gasteiger partial charge < -0.3 is 16.3 Å². The van der Waals surface area contributed by atoms with Crippen LogP contribution in [0, 0.1) is 0 Å². The summed E-state index contributed by atoms with van der Waals surface area (Å²) in [6.07, 6.45) is 0.981. The van der Waals surface area contributed by atoms with E-state index in [1.165, 1.54) is 4.90 Å². The largest absolute Gasteiger partial charge is 0.398 e. The molecule has 0 saturated heterocycles. The van der Waals surface area contributed by atoms with E-state index in [0.29, 0.717) is 28.8 Å². The summed E-state index contributed by atoms with van der Waals surface area (Å²) in [5.74, 6) is -1.08. The monoisotopic (exact) mass is 273 g/mol. The van der Waals surface area contributed by atoms with Crippen molar-refractivity contribution in [1.82, 2.24) is 4.90 Å². The number of hydrogen-bond acceptors (Lipinski definition) is 4. The number of amides is 2. The molecule has 2 amide bonds. The van der Waals surface area contributed by atoms with E-state index in [4.69, 9.17) is 11.5 Å². The number of nitrogens with zero attached hydrogens (tertiary/aromatic N) is 1. The Morgan fingerprint density at radius 3 is 2.70 bits per heavy atom. The second kappa shape index (κ2) is 5.16. The van der Waals surface area contributed by atoms with Gasteiger partial charge in [-0.15, -0.1) is 0 Å². The van der Waals surface area contributed by atoms with Gasteiger partial charge in [0.25, 0.3) is 5.91 Å². The highest BCUT2D eigenvalue weighted by Crippen LogP contribution is 2.36. The van der Waals surface area contributed by atoms with Crippen LogP contribution in [0.3, 0.4) is 0 Å². The lowest BCUT2D eigenvalue weighted by Gasteiger charge is -2.25. The molecule has 104 valence electrons. The Morgan fingerprint density at radius 2 is 2.15 bits per heavy atom. The highest BCUT2D eigenvalue weighted by atomic mass is 16.2. The van der Waals surface area contributed by atoms with Crippen molar-refractivity contribution in [2.24, 2.45) is 5.73 Å². The number of fused-ring (bicyclic) bond motifs is 1. The fourth-order valence-electron chi connectivity index (χ4n) is 2.38. The second-order valence-corrected chi connectivity index (χ2v) is 4.55. The topological polar surface area (TPSA) is 106 Å². The molecule has 0 aromatic heterocycles. The molecule has 1 aromatic rings. The second-order valence-electron chi connectivity index (χ2n) is 4.55. The number of nitrogen functional groups attached to an aromatic ring is 1. The van der Waals surface area contributed by atoms with Crippen molar-refractivity contribution in [2.45, 2.75) is 18.9 Å². The molecule has 0 bridgehead atoms. The van der Waals surface area contributed by atoms with E-state index in [9.17, 15) is 14.4 Å². The molecule has 0 radical (unpaired) electrons. The maximum absolute atomic E-state index is 12.4. The van der Waals surface area contributed by atoms with Gasteiger partial charge in [-0.05, 0) is 12.5 Å². The molecule has 20 heavy (non-hydrogen) atoms. The van der Waals surface area contributed by atoms with E-state index < -0.39 is 17.9 Å². The summed E-state index contributed by atoms with van der Waals surface area (Å²) in [5, 5.41) is 0. The molecule has 6 heteroatoms. The average molecular weight is 273 g/mol. The first kappa shape index (κ1) is 13.8. The van der Waals surface area contributed by atoms with E-state index in [2.05, 4.69) is 6.58 Å². The Balaban J connectivity index is 2.42. The Hall–Kier alpha value is -2.63. The molecule has 1 aromatic carbocycles. The minimum atomic E-state index is -0.896. The minimum absolute atomic E-state index is 0.135. The van der Waals surface area contributed by atoms with Crippen LogP contribution >= 0.6 is 0 Å². The van der Waals surface area contributed by atoms with Crippen molar-refractivity contribution in [1.29, 1.82) is 0 Å². The Bertz CT molecular complexity index is 610. The molecular formula is C14H15N3O3. The Kier molecular flexibility index (Phi) is 3.56.